The van der Waals surface area contributed by atoms with E-state index >= 15 is 0 Å². The van der Waals surface area contributed by atoms with Crippen LogP contribution < -0.4 is 14.8 Å². The largest absolute Gasteiger partial charge is 0.493 e. The lowest BCUT2D eigenvalue weighted by Crippen LogP contribution is -2.20. The van der Waals surface area contributed by atoms with Crippen LogP contribution in [0, 0.1) is 0 Å². The van der Waals surface area contributed by atoms with Crippen molar-refractivity contribution >= 4 is 22.9 Å². The number of hydrogen-bond acceptors (Lipinski definition) is 4. The molecule has 0 bridgehead atoms. The van der Waals surface area contributed by atoms with Crippen molar-refractivity contribution in [3.63, 3.8) is 0 Å². The van der Waals surface area contributed by atoms with Crippen LogP contribution in [0.15, 0.2) is 60.8 Å². The first-order valence-electron chi connectivity index (χ1n) is 8.22. The van der Waals surface area contributed by atoms with Gasteiger partial charge in [0.1, 0.15) is 0 Å². The molecule has 1 aromatic heterocycles. The number of carbonyl (C=O) groups excluding carboxylic acids is 1. The lowest BCUT2D eigenvalue weighted by molar-refractivity contribution is -0.116. The topological polar surface area (TPSA) is 60.5 Å². The van der Waals surface area contributed by atoms with Crippen LogP contribution in [0.25, 0.3) is 17.0 Å². The van der Waals surface area contributed by atoms with Crippen LogP contribution in [-0.4, -0.2) is 25.1 Å². The van der Waals surface area contributed by atoms with Crippen molar-refractivity contribution < 1.29 is 14.3 Å². The van der Waals surface area contributed by atoms with Crippen molar-refractivity contribution in [2.24, 2.45) is 0 Å². The molecule has 2 aromatic carbocycles. The third kappa shape index (κ3) is 4.00. The summed E-state index contributed by atoms with van der Waals surface area (Å²) in [7, 11) is 3.17. The average molecular weight is 348 g/mol. The van der Waals surface area contributed by atoms with Crippen molar-refractivity contribution in [2.75, 3.05) is 14.2 Å². The highest BCUT2D eigenvalue weighted by Crippen LogP contribution is 2.27. The molecule has 1 heterocycles. The number of aromatic nitrogens is 1. The van der Waals surface area contributed by atoms with E-state index in [9.17, 15) is 4.79 Å². The molecule has 26 heavy (non-hydrogen) atoms. The highest BCUT2D eigenvalue weighted by Gasteiger charge is 2.05. The number of fused-ring (bicyclic) bond motifs is 1. The fourth-order valence-corrected chi connectivity index (χ4v) is 2.67. The first kappa shape index (κ1) is 17.5. The number of nitrogens with one attached hydrogen (secondary N) is 1. The van der Waals surface area contributed by atoms with Crippen molar-refractivity contribution in [1.29, 1.82) is 0 Å². The van der Waals surface area contributed by atoms with E-state index in [4.69, 9.17) is 9.47 Å². The number of methoxy groups -OCH3 is 2. The summed E-state index contributed by atoms with van der Waals surface area (Å²) in [5.74, 6) is 1.12. The molecular weight excluding hydrogens is 328 g/mol. The molecule has 0 fully saturated rings. The molecule has 0 saturated heterocycles. The van der Waals surface area contributed by atoms with E-state index < -0.39 is 0 Å². The molecule has 0 spiro atoms. The molecule has 0 unspecified atom stereocenters. The first-order chi connectivity index (χ1) is 12.7. The zero-order chi connectivity index (χ0) is 18.4. The maximum Gasteiger partial charge on any atom is 0.244 e. The van der Waals surface area contributed by atoms with E-state index in [2.05, 4.69) is 10.3 Å². The fourth-order valence-electron chi connectivity index (χ4n) is 2.67. The molecule has 1 N–H and O–H groups in total. The number of carbonyl (C=O) groups is 1. The van der Waals surface area contributed by atoms with Crippen molar-refractivity contribution in [3.05, 3.63) is 71.9 Å². The number of benzene rings is 2. The molecule has 0 saturated carbocycles. The summed E-state index contributed by atoms with van der Waals surface area (Å²) >= 11 is 0. The molecule has 5 nitrogen and oxygen atoms in total. The summed E-state index contributed by atoms with van der Waals surface area (Å²) in [6, 6.07) is 15.3. The zero-order valence-electron chi connectivity index (χ0n) is 14.7. The molecule has 1 amide bonds. The van der Waals surface area contributed by atoms with Crippen LogP contribution in [0.1, 0.15) is 11.1 Å². The van der Waals surface area contributed by atoms with Crippen LogP contribution in [0.2, 0.25) is 0 Å². The highest BCUT2D eigenvalue weighted by atomic mass is 16.5. The minimum Gasteiger partial charge on any atom is -0.493 e. The summed E-state index contributed by atoms with van der Waals surface area (Å²) in [4.78, 5) is 16.5. The number of rotatable bonds is 6. The normalized spacial score (nSPS) is 10.8. The highest BCUT2D eigenvalue weighted by molar-refractivity contribution is 5.95. The van der Waals surface area contributed by atoms with Crippen LogP contribution in [0.3, 0.4) is 0 Å². The summed E-state index contributed by atoms with van der Waals surface area (Å²) in [6.45, 7) is 0.400. The van der Waals surface area contributed by atoms with Crippen LogP contribution in [0.4, 0.5) is 0 Å². The molecule has 3 aromatic rings. The summed E-state index contributed by atoms with van der Waals surface area (Å²) in [5.41, 5.74) is 2.71. The monoisotopic (exact) mass is 348 g/mol. The Labute approximate surface area is 152 Å². The van der Waals surface area contributed by atoms with Gasteiger partial charge in [0, 0.05) is 29.8 Å². The Morgan fingerprint density at radius 2 is 1.88 bits per heavy atom. The lowest BCUT2D eigenvalue weighted by Gasteiger charge is -2.09. The number of pyridine rings is 1. The van der Waals surface area contributed by atoms with E-state index in [0.29, 0.717) is 18.0 Å². The van der Waals surface area contributed by atoms with Gasteiger partial charge in [-0.15, -0.1) is 0 Å². The fraction of sp³-hybridized carbons (Fsp3) is 0.143. The maximum absolute atomic E-state index is 12.1. The second kappa shape index (κ2) is 8.16. The van der Waals surface area contributed by atoms with E-state index in [1.165, 1.54) is 6.08 Å². The van der Waals surface area contributed by atoms with Gasteiger partial charge in [-0.25, -0.2) is 0 Å². The Hall–Kier alpha value is -3.34. The quantitative estimate of drug-likeness (QED) is 0.692. The van der Waals surface area contributed by atoms with Crippen molar-refractivity contribution in [3.8, 4) is 11.5 Å². The number of hydrogen-bond donors (Lipinski definition) is 1. The molecule has 0 aliphatic rings. The summed E-state index contributed by atoms with van der Waals surface area (Å²) in [5, 5.41) is 3.91. The minimum atomic E-state index is -0.173. The standard InChI is InChI=1S/C21H20N2O3/c1-25-18-10-8-15(13-19(18)26-2)14-23-20(24)11-9-17-6-3-5-16-7-4-12-22-21(16)17/h3-13H,14H2,1-2H3,(H,23,24)/b11-9+. The number of nitrogens with zero attached hydrogens (tertiary/aromatic N) is 1. The van der Waals surface area contributed by atoms with E-state index in [1.54, 1.807) is 26.5 Å². The molecule has 0 atom stereocenters. The molecular formula is C21H20N2O3. The van der Waals surface area contributed by atoms with Crippen LogP contribution in [0.5, 0.6) is 11.5 Å². The average Bonchev–Trinajstić information content (AvgIpc) is 2.70. The van der Waals surface area contributed by atoms with Gasteiger partial charge in [-0.05, 0) is 29.8 Å². The van der Waals surface area contributed by atoms with Gasteiger partial charge in [0.15, 0.2) is 11.5 Å². The predicted octanol–water partition coefficient (Wildman–Crippen LogP) is 3.58. The minimum absolute atomic E-state index is 0.173. The predicted molar refractivity (Wildman–Crippen MR) is 102 cm³/mol. The van der Waals surface area contributed by atoms with E-state index in [0.717, 1.165) is 22.0 Å². The number of ether oxygens (including phenoxy) is 2. The van der Waals surface area contributed by atoms with Crippen molar-refractivity contribution in [2.45, 2.75) is 6.54 Å². The molecule has 0 radical (unpaired) electrons. The zero-order valence-corrected chi connectivity index (χ0v) is 14.7. The Bertz CT molecular complexity index is 946. The molecule has 0 aliphatic carbocycles. The van der Waals surface area contributed by atoms with Crippen molar-refractivity contribution in [1.82, 2.24) is 10.3 Å². The van der Waals surface area contributed by atoms with Crippen LogP contribution >= 0.6 is 0 Å². The third-order valence-corrected chi connectivity index (χ3v) is 3.99. The van der Waals surface area contributed by atoms with Gasteiger partial charge in [0.2, 0.25) is 5.91 Å². The Morgan fingerprint density at radius 1 is 1.08 bits per heavy atom. The Balaban J connectivity index is 1.66. The van der Waals surface area contributed by atoms with Gasteiger partial charge in [-0.3, -0.25) is 9.78 Å². The van der Waals surface area contributed by atoms with Gasteiger partial charge < -0.3 is 14.8 Å². The maximum atomic E-state index is 12.1. The number of amides is 1. The third-order valence-electron chi connectivity index (χ3n) is 3.99. The van der Waals surface area contributed by atoms with Gasteiger partial charge in [-0.1, -0.05) is 30.3 Å². The number of para-hydroxylation sites is 1. The SMILES string of the molecule is COc1ccc(CNC(=O)/C=C/c2cccc3cccnc23)cc1OC. The second-order valence-corrected chi connectivity index (χ2v) is 5.66. The van der Waals surface area contributed by atoms with Gasteiger partial charge in [0.05, 0.1) is 19.7 Å². The van der Waals surface area contributed by atoms with E-state index in [1.807, 2.05) is 48.5 Å². The Morgan fingerprint density at radius 3 is 2.69 bits per heavy atom. The Kier molecular flexibility index (Phi) is 5.49. The van der Waals surface area contributed by atoms with Gasteiger partial charge >= 0.3 is 0 Å². The molecule has 5 heteroatoms. The molecule has 3 rings (SSSR count). The molecule has 132 valence electrons. The smallest absolute Gasteiger partial charge is 0.244 e. The second-order valence-electron chi connectivity index (χ2n) is 5.66. The van der Waals surface area contributed by atoms with E-state index in [-0.39, 0.29) is 5.91 Å². The summed E-state index contributed by atoms with van der Waals surface area (Å²) in [6.07, 6.45) is 5.04. The van der Waals surface area contributed by atoms with Crippen LogP contribution in [-0.2, 0) is 11.3 Å². The first-order valence-corrected chi connectivity index (χ1v) is 8.22. The molecule has 0 aliphatic heterocycles. The van der Waals surface area contributed by atoms with Gasteiger partial charge in [0.25, 0.3) is 0 Å². The summed E-state index contributed by atoms with van der Waals surface area (Å²) < 4.78 is 10.5. The van der Waals surface area contributed by atoms with Gasteiger partial charge in [-0.2, -0.15) is 0 Å². The lowest BCUT2D eigenvalue weighted by atomic mass is 10.1.